The van der Waals surface area contributed by atoms with Crippen LogP contribution in [-0.2, 0) is 29.5 Å². The maximum Gasteiger partial charge on any atom is 0.251 e. The molecule has 1 aromatic heterocycles. The van der Waals surface area contributed by atoms with Gasteiger partial charge >= 0.3 is 0 Å². The van der Waals surface area contributed by atoms with Gasteiger partial charge in [0.2, 0.25) is 10.0 Å². The maximum atomic E-state index is 13.1. The van der Waals surface area contributed by atoms with Crippen LogP contribution in [0.1, 0.15) is 27.2 Å². The van der Waals surface area contributed by atoms with E-state index in [4.69, 9.17) is 4.42 Å². The lowest BCUT2D eigenvalue weighted by atomic mass is 10.0. The fourth-order valence-electron chi connectivity index (χ4n) is 3.30. The zero-order chi connectivity index (χ0) is 19.6. The molecule has 7 heteroatoms. The molecule has 0 bridgehead atoms. The van der Waals surface area contributed by atoms with Gasteiger partial charge in [-0.3, -0.25) is 4.79 Å². The highest BCUT2D eigenvalue weighted by Gasteiger charge is 2.28. The second-order valence-electron chi connectivity index (χ2n) is 6.65. The predicted molar refractivity (Wildman–Crippen MR) is 104 cm³/mol. The third kappa shape index (κ3) is 3.72. The van der Waals surface area contributed by atoms with E-state index in [0.717, 1.165) is 5.56 Å². The molecule has 0 aliphatic carbocycles. The molecular formula is C21H20N2O4S. The largest absolute Gasteiger partial charge is 0.467 e. The Morgan fingerprint density at radius 3 is 2.64 bits per heavy atom. The first-order valence-electron chi connectivity index (χ1n) is 9.01. The van der Waals surface area contributed by atoms with Crippen LogP contribution in [0.3, 0.4) is 0 Å². The molecule has 2 aromatic carbocycles. The van der Waals surface area contributed by atoms with Crippen molar-refractivity contribution >= 4 is 15.9 Å². The lowest BCUT2D eigenvalue weighted by molar-refractivity contribution is 0.0948. The summed E-state index contributed by atoms with van der Waals surface area (Å²) in [5.74, 6) is 0.279. The molecule has 0 spiro atoms. The number of rotatable bonds is 5. The lowest BCUT2D eigenvalue weighted by Crippen LogP contribution is -2.36. The molecule has 0 saturated carbocycles. The summed E-state index contributed by atoms with van der Waals surface area (Å²) in [6, 6.07) is 17.5. The van der Waals surface area contributed by atoms with Crippen LogP contribution in [0, 0.1) is 0 Å². The molecular weight excluding hydrogens is 376 g/mol. The van der Waals surface area contributed by atoms with E-state index in [-0.39, 0.29) is 17.3 Å². The van der Waals surface area contributed by atoms with Crippen molar-refractivity contribution in [1.29, 1.82) is 0 Å². The summed E-state index contributed by atoms with van der Waals surface area (Å²) in [4.78, 5) is 12.5. The van der Waals surface area contributed by atoms with E-state index in [9.17, 15) is 13.2 Å². The smallest absolute Gasteiger partial charge is 0.251 e. The van der Waals surface area contributed by atoms with Gasteiger partial charge in [-0.25, -0.2) is 8.42 Å². The van der Waals surface area contributed by atoms with Gasteiger partial charge < -0.3 is 9.73 Å². The third-order valence-corrected chi connectivity index (χ3v) is 6.67. The highest BCUT2D eigenvalue weighted by atomic mass is 32.2. The molecule has 0 unspecified atom stereocenters. The van der Waals surface area contributed by atoms with Crippen LogP contribution in [0.2, 0.25) is 0 Å². The summed E-state index contributed by atoms with van der Waals surface area (Å²) in [6.07, 6.45) is 2.21. The van der Waals surface area contributed by atoms with Crippen molar-refractivity contribution in [3.8, 4) is 0 Å². The van der Waals surface area contributed by atoms with Gasteiger partial charge in [0.05, 0.1) is 17.7 Å². The molecule has 2 heterocycles. The Hall–Kier alpha value is -2.90. The molecule has 6 nitrogen and oxygen atoms in total. The minimum absolute atomic E-state index is 0.123. The zero-order valence-corrected chi connectivity index (χ0v) is 16.0. The number of hydrogen-bond acceptors (Lipinski definition) is 4. The summed E-state index contributed by atoms with van der Waals surface area (Å²) >= 11 is 0. The van der Waals surface area contributed by atoms with Gasteiger partial charge in [-0.05, 0) is 47.9 Å². The lowest BCUT2D eigenvalue weighted by Gasteiger charge is -2.28. The number of carbonyl (C=O) groups excluding carboxylic acids is 1. The van der Waals surface area contributed by atoms with Crippen LogP contribution in [-0.4, -0.2) is 25.2 Å². The molecule has 3 aromatic rings. The first kappa shape index (κ1) is 18.5. The monoisotopic (exact) mass is 396 g/mol. The van der Waals surface area contributed by atoms with Gasteiger partial charge in [-0.15, -0.1) is 0 Å². The Kier molecular flexibility index (Phi) is 5.02. The van der Waals surface area contributed by atoms with Crippen LogP contribution in [0.4, 0.5) is 0 Å². The van der Waals surface area contributed by atoms with Crippen molar-refractivity contribution in [2.24, 2.45) is 0 Å². The van der Waals surface area contributed by atoms with Crippen LogP contribution in [0.5, 0.6) is 0 Å². The Bertz CT molecular complexity index is 1090. The number of amides is 1. The van der Waals surface area contributed by atoms with Crippen LogP contribution >= 0.6 is 0 Å². The van der Waals surface area contributed by atoms with E-state index in [1.54, 1.807) is 24.3 Å². The van der Waals surface area contributed by atoms with Crippen LogP contribution in [0.15, 0.2) is 76.2 Å². The molecule has 1 amide bonds. The standard InChI is InChI=1S/C21H20N2O4S/c24-21(22-14-19-8-4-12-27-19)17-7-3-9-20(13-17)28(25,26)23-11-10-16-5-1-2-6-18(16)15-23/h1-9,12-13H,10-11,14-15H2,(H,22,24). The quantitative estimate of drug-likeness (QED) is 0.719. The molecule has 1 aliphatic rings. The molecule has 28 heavy (non-hydrogen) atoms. The molecule has 4 rings (SSSR count). The van der Waals surface area contributed by atoms with E-state index in [1.165, 1.54) is 28.3 Å². The van der Waals surface area contributed by atoms with Gasteiger partial charge in [0.1, 0.15) is 5.76 Å². The second kappa shape index (κ2) is 7.61. The number of benzene rings is 2. The van der Waals surface area contributed by atoms with E-state index in [0.29, 0.717) is 30.8 Å². The Morgan fingerprint density at radius 1 is 1.04 bits per heavy atom. The summed E-state index contributed by atoms with van der Waals surface area (Å²) < 4.78 is 32.8. The molecule has 1 N–H and O–H groups in total. The summed E-state index contributed by atoms with van der Waals surface area (Å²) in [5.41, 5.74) is 2.50. The number of hydrogen-bond donors (Lipinski definition) is 1. The average Bonchev–Trinajstić information content (AvgIpc) is 3.25. The highest BCUT2D eigenvalue weighted by molar-refractivity contribution is 7.89. The maximum absolute atomic E-state index is 13.1. The fourth-order valence-corrected chi connectivity index (χ4v) is 4.77. The third-order valence-electron chi connectivity index (χ3n) is 4.83. The zero-order valence-electron chi connectivity index (χ0n) is 15.2. The van der Waals surface area contributed by atoms with Crippen LogP contribution < -0.4 is 5.32 Å². The Morgan fingerprint density at radius 2 is 1.86 bits per heavy atom. The van der Waals surface area contributed by atoms with Crippen molar-refractivity contribution in [2.45, 2.75) is 24.4 Å². The molecule has 0 saturated heterocycles. The minimum atomic E-state index is -3.68. The number of fused-ring (bicyclic) bond motifs is 1. The molecule has 0 atom stereocenters. The second-order valence-corrected chi connectivity index (χ2v) is 8.59. The average molecular weight is 396 g/mol. The summed E-state index contributed by atoms with van der Waals surface area (Å²) in [5, 5.41) is 2.73. The number of sulfonamides is 1. The molecule has 0 fully saturated rings. The van der Waals surface area contributed by atoms with Gasteiger partial charge in [0, 0.05) is 18.7 Å². The fraction of sp³-hybridized carbons (Fsp3) is 0.190. The van der Waals surface area contributed by atoms with Crippen molar-refractivity contribution in [3.63, 3.8) is 0 Å². The van der Waals surface area contributed by atoms with Crippen molar-refractivity contribution < 1.29 is 17.6 Å². The molecule has 144 valence electrons. The van der Waals surface area contributed by atoms with Gasteiger partial charge in [-0.1, -0.05) is 30.3 Å². The van der Waals surface area contributed by atoms with Crippen molar-refractivity contribution in [1.82, 2.24) is 9.62 Å². The predicted octanol–water partition coefficient (Wildman–Crippen LogP) is 2.96. The summed E-state index contributed by atoms with van der Waals surface area (Å²) in [7, 11) is -3.68. The highest BCUT2D eigenvalue weighted by Crippen LogP contribution is 2.25. The van der Waals surface area contributed by atoms with E-state index in [1.807, 2.05) is 24.3 Å². The van der Waals surface area contributed by atoms with E-state index < -0.39 is 10.0 Å². The van der Waals surface area contributed by atoms with Gasteiger partial charge in [0.25, 0.3) is 5.91 Å². The Labute approximate surface area is 163 Å². The minimum Gasteiger partial charge on any atom is -0.467 e. The van der Waals surface area contributed by atoms with Gasteiger partial charge in [0.15, 0.2) is 0 Å². The Balaban J connectivity index is 1.52. The van der Waals surface area contributed by atoms with Crippen molar-refractivity contribution in [3.05, 3.63) is 89.4 Å². The van der Waals surface area contributed by atoms with Gasteiger partial charge in [-0.2, -0.15) is 4.31 Å². The number of nitrogens with zero attached hydrogens (tertiary/aromatic N) is 1. The van der Waals surface area contributed by atoms with Crippen LogP contribution in [0.25, 0.3) is 0 Å². The first-order chi connectivity index (χ1) is 13.5. The first-order valence-corrected chi connectivity index (χ1v) is 10.5. The summed E-state index contributed by atoms with van der Waals surface area (Å²) in [6.45, 7) is 1.01. The normalized spacial score (nSPS) is 14.4. The number of furan rings is 1. The van der Waals surface area contributed by atoms with E-state index >= 15 is 0 Å². The number of carbonyl (C=O) groups is 1. The molecule has 0 radical (unpaired) electrons. The van der Waals surface area contributed by atoms with Crippen molar-refractivity contribution in [2.75, 3.05) is 6.54 Å². The topological polar surface area (TPSA) is 79.6 Å². The molecule has 1 aliphatic heterocycles. The number of nitrogens with one attached hydrogen (secondary N) is 1. The SMILES string of the molecule is O=C(NCc1ccco1)c1cccc(S(=O)(=O)N2CCc3ccccc3C2)c1. The van der Waals surface area contributed by atoms with E-state index in [2.05, 4.69) is 5.32 Å².